The van der Waals surface area contributed by atoms with E-state index >= 15 is 0 Å². The summed E-state index contributed by atoms with van der Waals surface area (Å²) in [5.74, 6) is 0.698. The van der Waals surface area contributed by atoms with E-state index in [1.165, 1.54) is 11.3 Å². The lowest BCUT2D eigenvalue weighted by Crippen LogP contribution is -2.11. The van der Waals surface area contributed by atoms with Crippen LogP contribution < -0.4 is 10.1 Å². The quantitative estimate of drug-likeness (QED) is 0.751. The fourth-order valence-corrected chi connectivity index (χ4v) is 3.09. The summed E-state index contributed by atoms with van der Waals surface area (Å²) in [4.78, 5) is 16.8. The van der Waals surface area contributed by atoms with Crippen LogP contribution in [0.3, 0.4) is 0 Å². The van der Waals surface area contributed by atoms with Gasteiger partial charge in [0, 0.05) is 16.5 Å². The number of aryl methyl sites for hydroxylation is 2. The number of nitrogens with one attached hydrogen (secondary N) is 1. The first-order valence-electron chi connectivity index (χ1n) is 7.55. The normalized spacial score (nSPS) is 10.5. The minimum Gasteiger partial charge on any atom is -0.496 e. The van der Waals surface area contributed by atoms with Crippen LogP contribution in [0.25, 0.3) is 11.3 Å². The average molecular weight is 338 g/mol. The van der Waals surface area contributed by atoms with E-state index in [9.17, 15) is 4.79 Å². The molecule has 2 aromatic carbocycles. The molecule has 0 aliphatic heterocycles. The van der Waals surface area contributed by atoms with Crippen LogP contribution in [-0.2, 0) is 0 Å². The number of benzene rings is 2. The van der Waals surface area contributed by atoms with Crippen LogP contribution >= 0.6 is 11.3 Å². The second-order valence-electron chi connectivity index (χ2n) is 5.54. The second kappa shape index (κ2) is 6.84. The van der Waals surface area contributed by atoms with Crippen molar-refractivity contribution in [2.45, 2.75) is 13.8 Å². The van der Waals surface area contributed by atoms with Gasteiger partial charge in [0.15, 0.2) is 5.13 Å². The number of hydrogen-bond donors (Lipinski definition) is 1. The zero-order valence-corrected chi connectivity index (χ0v) is 14.6. The zero-order valence-electron chi connectivity index (χ0n) is 13.8. The van der Waals surface area contributed by atoms with Gasteiger partial charge in [0.1, 0.15) is 5.75 Å². The first-order valence-corrected chi connectivity index (χ1v) is 8.43. The average Bonchev–Trinajstić information content (AvgIpc) is 3.04. The molecule has 0 saturated heterocycles. The van der Waals surface area contributed by atoms with Crippen LogP contribution in [0, 0.1) is 13.8 Å². The molecule has 5 heteroatoms. The van der Waals surface area contributed by atoms with Gasteiger partial charge in [0.2, 0.25) is 0 Å². The van der Waals surface area contributed by atoms with Gasteiger partial charge in [-0.05, 0) is 49.7 Å². The van der Waals surface area contributed by atoms with E-state index < -0.39 is 0 Å². The van der Waals surface area contributed by atoms with Crippen LogP contribution in [0.5, 0.6) is 5.75 Å². The van der Waals surface area contributed by atoms with Crippen LogP contribution in [0.2, 0.25) is 0 Å². The Kier molecular flexibility index (Phi) is 4.62. The number of aromatic nitrogens is 1. The number of carbonyl (C=O) groups excluding carboxylic acids is 1. The number of hydrogen-bond acceptors (Lipinski definition) is 4. The maximum atomic E-state index is 12.2. The lowest BCUT2D eigenvalue weighted by molar-refractivity contribution is 0.102. The molecule has 0 fully saturated rings. The standard InChI is InChI=1S/C19H18N2O2S/c1-12-4-6-14(7-5-12)18(22)21-19-20-16(11-24-19)15-8-9-17(23-3)13(2)10-15/h4-11H,1-3H3,(H,20,21,22). The minimum atomic E-state index is -0.151. The van der Waals surface area contributed by atoms with Gasteiger partial charge in [0.25, 0.3) is 5.91 Å². The van der Waals surface area contributed by atoms with Gasteiger partial charge in [0.05, 0.1) is 12.8 Å². The number of ether oxygens (including phenoxy) is 1. The largest absolute Gasteiger partial charge is 0.496 e. The molecular formula is C19H18N2O2S. The van der Waals surface area contributed by atoms with E-state index in [1.807, 2.05) is 61.7 Å². The Morgan fingerprint density at radius 1 is 1.12 bits per heavy atom. The summed E-state index contributed by atoms with van der Waals surface area (Å²) in [6.45, 7) is 3.99. The van der Waals surface area contributed by atoms with Crippen molar-refractivity contribution in [3.8, 4) is 17.0 Å². The van der Waals surface area contributed by atoms with E-state index in [0.717, 1.165) is 28.1 Å². The first kappa shape index (κ1) is 16.2. The number of anilines is 1. The molecule has 0 saturated carbocycles. The molecule has 1 N–H and O–H groups in total. The van der Waals surface area contributed by atoms with Gasteiger partial charge in [-0.3, -0.25) is 10.1 Å². The fraction of sp³-hybridized carbons (Fsp3) is 0.158. The summed E-state index contributed by atoms with van der Waals surface area (Å²) >= 11 is 1.41. The molecule has 3 aromatic rings. The highest BCUT2D eigenvalue weighted by Gasteiger charge is 2.10. The predicted molar refractivity (Wildman–Crippen MR) is 98.0 cm³/mol. The Bertz CT molecular complexity index is 869. The highest BCUT2D eigenvalue weighted by molar-refractivity contribution is 7.14. The van der Waals surface area contributed by atoms with Crippen molar-refractivity contribution in [2.24, 2.45) is 0 Å². The molecule has 122 valence electrons. The smallest absolute Gasteiger partial charge is 0.257 e. The molecule has 0 atom stereocenters. The van der Waals surface area contributed by atoms with Gasteiger partial charge in [-0.15, -0.1) is 11.3 Å². The van der Waals surface area contributed by atoms with Crippen LogP contribution in [0.4, 0.5) is 5.13 Å². The highest BCUT2D eigenvalue weighted by atomic mass is 32.1. The molecule has 1 amide bonds. The first-order chi connectivity index (χ1) is 11.6. The highest BCUT2D eigenvalue weighted by Crippen LogP contribution is 2.29. The summed E-state index contributed by atoms with van der Waals surface area (Å²) in [6.07, 6.45) is 0. The van der Waals surface area contributed by atoms with E-state index in [2.05, 4.69) is 10.3 Å². The zero-order chi connectivity index (χ0) is 17.1. The molecule has 1 aromatic heterocycles. The molecule has 0 spiro atoms. The number of thiazole rings is 1. The van der Waals surface area contributed by atoms with Crippen molar-refractivity contribution in [3.05, 3.63) is 64.5 Å². The molecule has 4 nitrogen and oxygen atoms in total. The van der Waals surface area contributed by atoms with Crippen LogP contribution in [0.1, 0.15) is 21.5 Å². The molecular weight excluding hydrogens is 320 g/mol. The van der Waals surface area contributed by atoms with Crippen LogP contribution in [0.15, 0.2) is 47.8 Å². The number of amides is 1. The fourth-order valence-electron chi connectivity index (χ4n) is 2.38. The van der Waals surface area contributed by atoms with Crippen molar-refractivity contribution in [2.75, 3.05) is 12.4 Å². The van der Waals surface area contributed by atoms with Gasteiger partial charge in [-0.1, -0.05) is 17.7 Å². The molecule has 0 unspecified atom stereocenters. The summed E-state index contributed by atoms with van der Waals surface area (Å²) in [5.41, 5.74) is 4.63. The number of methoxy groups -OCH3 is 1. The van der Waals surface area contributed by atoms with Gasteiger partial charge >= 0.3 is 0 Å². The molecule has 0 aliphatic rings. The second-order valence-corrected chi connectivity index (χ2v) is 6.40. The molecule has 0 bridgehead atoms. The topological polar surface area (TPSA) is 51.2 Å². The van der Waals surface area contributed by atoms with Crippen molar-refractivity contribution in [1.29, 1.82) is 0 Å². The Labute approximate surface area is 145 Å². The van der Waals surface area contributed by atoms with Crippen molar-refractivity contribution < 1.29 is 9.53 Å². The maximum absolute atomic E-state index is 12.2. The summed E-state index contributed by atoms with van der Waals surface area (Å²) < 4.78 is 5.28. The third-order valence-electron chi connectivity index (χ3n) is 3.73. The van der Waals surface area contributed by atoms with E-state index in [0.29, 0.717) is 10.7 Å². The van der Waals surface area contributed by atoms with Crippen molar-refractivity contribution in [3.63, 3.8) is 0 Å². The minimum absolute atomic E-state index is 0.151. The number of carbonyl (C=O) groups is 1. The van der Waals surface area contributed by atoms with Crippen LogP contribution in [-0.4, -0.2) is 18.0 Å². The Morgan fingerprint density at radius 2 is 1.88 bits per heavy atom. The van der Waals surface area contributed by atoms with Gasteiger partial charge < -0.3 is 4.74 Å². The van der Waals surface area contributed by atoms with E-state index in [4.69, 9.17) is 4.74 Å². The maximum Gasteiger partial charge on any atom is 0.257 e. The lowest BCUT2D eigenvalue weighted by atomic mass is 10.1. The summed E-state index contributed by atoms with van der Waals surface area (Å²) in [6, 6.07) is 13.4. The summed E-state index contributed by atoms with van der Waals surface area (Å²) in [5, 5.41) is 5.37. The van der Waals surface area contributed by atoms with Crippen molar-refractivity contribution in [1.82, 2.24) is 4.98 Å². The number of nitrogens with zero attached hydrogens (tertiary/aromatic N) is 1. The Balaban J connectivity index is 1.77. The monoisotopic (exact) mass is 338 g/mol. The third kappa shape index (κ3) is 3.46. The SMILES string of the molecule is COc1ccc(-c2csc(NC(=O)c3ccc(C)cc3)n2)cc1C. The van der Waals surface area contributed by atoms with Gasteiger partial charge in [-0.25, -0.2) is 4.98 Å². The number of rotatable bonds is 4. The van der Waals surface area contributed by atoms with Gasteiger partial charge in [-0.2, -0.15) is 0 Å². The van der Waals surface area contributed by atoms with E-state index in [1.54, 1.807) is 7.11 Å². The molecule has 1 heterocycles. The lowest BCUT2D eigenvalue weighted by Gasteiger charge is -2.05. The summed E-state index contributed by atoms with van der Waals surface area (Å²) in [7, 11) is 1.66. The Hall–Kier alpha value is -2.66. The molecule has 24 heavy (non-hydrogen) atoms. The Morgan fingerprint density at radius 3 is 2.54 bits per heavy atom. The van der Waals surface area contributed by atoms with E-state index in [-0.39, 0.29) is 5.91 Å². The third-order valence-corrected chi connectivity index (χ3v) is 4.49. The molecule has 3 rings (SSSR count). The van der Waals surface area contributed by atoms with Crippen molar-refractivity contribution >= 4 is 22.4 Å². The predicted octanol–water partition coefficient (Wildman–Crippen LogP) is 4.69. The molecule has 0 aliphatic carbocycles. The molecule has 0 radical (unpaired) electrons.